The van der Waals surface area contributed by atoms with Crippen LogP contribution >= 0.6 is 0 Å². The average molecular weight is 374 g/mol. The fourth-order valence-corrected chi connectivity index (χ4v) is 3.46. The maximum absolute atomic E-state index is 13.2. The van der Waals surface area contributed by atoms with Crippen LogP contribution in [0.3, 0.4) is 0 Å². The molecule has 0 saturated heterocycles. The number of hydrogen-bond donors (Lipinski definition) is 0. The highest BCUT2D eigenvalue weighted by molar-refractivity contribution is 6.35. The molecule has 0 bridgehead atoms. The number of carbonyl (C=O) groups is 2. The number of carbonyl (C=O) groups excluding carboxylic acids is 2. The Balaban J connectivity index is 2.12. The fourth-order valence-electron chi connectivity index (χ4n) is 3.46. The molecule has 4 nitrogen and oxygen atoms in total. The molecule has 2 aromatic carbocycles. The quantitative estimate of drug-likeness (QED) is 0.541. The molecule has 28 heavy (non-hydrogen) atoms. The van der Waals surface area contributed by atoms with E-state index in [-0.39, 0.29) is 18.4 Å². The van der Waals surface area contributed by atoms with Crippen LogP contribution in [0.1, 0.15) is 29.2 Å². The summed E-state index contributed by atoms with van der Waals surface area (Å²) in [7, 11) is 0. The number of likely N-dealkylation sites (N-methyl/N-ethyl adjacent to an activating group) is 1. The van der Waals surface area contributed by atoms with Gasteiger partial charge in [0, 0.05) is 19.6 Å². The van der Waals surface area contributed by atoms with Crippen molar-refractivity contribution in [3.63, 3.8) is 0 Å². The van der Waals surface area contributed by atoms with E-state index in [1.54, 1.807) is 6.08 Å². The summed E-state index contributed by atoms with van der Waals surface area (Å²) in [5.41, 5.74) is 5.09. The minimum absolute atomic E-state index is 0.207. The van der Waals surface area contributed by atoms with E-state index in [0.717, 1.165) is 22.3 Å². The van der Waals surface area contributed by atoms with Gasteiger partial charge in [0.1, 0.15) is 5.70 Å². The van der Waals surface area contributed by atoms with Crippen molar-refractivity contribution in [3.05, 3.63) is 89.1 Å². The summed E-state index contributed by atoms with van der Waals surface area (Å²) in [5, 5.41) is 0. The molecule has 0 radical (unpaired) electrons. The van der Waals surface area contributed by atoms with Gasteiger partial charge in [-0.1, -0.05) is 54.6 Å². The SMILES string of the molecule is C=CCN1C(=O)C(c2ccc(C)c(C)c2)=C(N(CC)Cc2ccccc2)C1=O. The first-order valence-electron chi connectivity index (χ1n) is 9.55. The second-order valence-corrected chi connectivity index (χ2v) is 7.03. The van der Waals surface area contributed by atoms with E-state index in [1.165, 1.54) is 4.90 Å². The van der Waals surface area contributed by atoms with Crippen molar-refractivity contribution in [1.29, 1.82) is 0 Å². The van der Waals surface area contributed by atoms with Crippen molar-refractivity contribution in [2.45, 2.75) is 27.3 Å². The van der Waals surface area contributed by atoms with Crippen LogP contribution in [0, 0.1) is 13.8 Å². The number of amides is 2. The molecule has 0 aromatic heterocycles. The first-order valence-corrected chi connectivity index (χ1v) is 9.55. The van der Waals surface area contributed by atoms with Gasteiger partial charge in [-0.15, -0.1) is 6.58 Å². The monoisotopic (exact) mass is 374 g/mol. The van der Waals surface area contributed by atoms with Crippen molar-refractivity contribution in [2.24, 2.45) is 0 Å². The van der Waals surface area contributed by atoms with Gasteiger partial charge in [-0.2, -0.15) is 0 Å². The molecule has 3 rings (SSSR count). The summed E-state index contributed by atoms with van der Waals surface area (Å²) < 4.78 is 0. The molecule has 2 amide bonds. The highest BCUT2D eigenvalue weighted by Gasteiger charge is 2.40. The van der Waals surface area contributed by atoms with Gasteiger partial charge >= 0.3 is 0 Å². The van der Waals surface area contributed by atoms with E-state index in [4.69, 9.17) is 0 Å². The minimum Gasteiger partial charge on any atom is -0.362 e. The van der Waals surface area contributed by atoms with Gasteiger partial charge in [-0.05, 0) is 43.0 Å². The molecule has 1 aliphatic heterocycles. The topological polar surface area (TPSA) is 40.6 Å². The van der Waals surface area contributed by atoms with E-state index in [0.29, 0.717) is 24.4 Å². The number of benzene rings is 2. The maximum atomic E-state index is 13.2. The summed E-state index contributed by atoms with van der Waals surface area (Å²) in [6.45, 7) is 11.2. The molecule has 0 atom stereocenters. The minimum atomic E-state index is -0.255. The summed E-state index contributed by atoms with van der Waals surface area (Å²) in [5.74, 6) is -0.509. The molecule has 0 saturated carbocycles. The first-order chi connectivity index (χ1) is 13.5. The van der Waals surface area contributed by atoms with Gasteiger partial charge < -0.3 is 4.90 Å². The number of imide groups is 1. The van der Waals surface area contributed by atoms with Gasteiger partial charge in [0.25, 0.3) is 11.8 Å². The van der Waals surface area contributed by atoms with Crippen LogP contribution in [0.25, 0.3) is 5.57 Å². The highest BCUT2D eigenvalue weighted by atomic mass is 16.2. The molecular formula is C24H26N2O2. The third-order valence-electron chi connectivity index (χ3n) is 5.17. The summed E-state index contributed by atoms with van der Waals surface area (Å²) in [6, 6.07) is 15.9. The van der Waals surface area contributed by atoms with Crippen LogP contribution in [-0.4, -0.2) is 34.7 Å². The normalized spacial score (nSPS) is 14.0. The van der Waals surface area contributed by atoms with E-state index in [2.05, 4.69) is 6.58 Å². The van der Waals surface area contributed by atoms with Crippen molar-refractivity contribution in [1.82, 2.24) is 9.80 Å². The molecule has 144 valence electrons. The maximum Gasteiger partial charge on any atom is 0.278 e. The van der Waals surface area contributed by atoms with Crippen LogP contribution in [0.5, 0.6) is 0 Å². The van der Waals surface area contributed by atoms with Crippen molar-refractivity contribution >= 4 is 17.4 Å². The van der Waals surface area contributed by atoms with Gasteiger partial charge in [-0.25, -0.2) is 0 Å². The summed E-state index contributed by atoms with van der Waals surface area (Å²) in [4.78, 5) is 29.6. The highest BCUT2D eigenvalue weighted by Crippen LogP contribution is 2.33. The van der Waals surface area contributed by atoms with Gasteiger partial charge in [-0.3, -0.25) is 14.5 Å². The van der Waals surface area contributed by atoms with Gasteiger partial charge in [0.2, 0.25) is 0 Å². The predicted molar refractivity (Wildman–Crippen MR) is 112 cm³/mol. The smallest absolute Gasteiger partial charge is 0.278 e. The molecule has 0 aliphatic carbocycles. The molecule has 1 aliphatic rings. The Kier molecular flexibility index (Phi) is 5.78. The number of nitrogens with zero attached hydrogens (tertiary/aromatic N) is 2. The molecule has 0 spiro atoms. The lowest BCUT2D eigenvalue weighted by Gasteiger charge is -2.24. The zero-order valence-electron chi connectivity index (χ0n) is 16.7. The lowest BCUT2D eigenvalue weighted by Crippen LogP contribution is -2.35. The van der Waals surface area contributed by atoms with Crippen LogP contribution < -0.4 is 0 Å². The predicted octanol–water partition coefficient (Wildman–Crippen LogP) is 4.09. The Morgan fingerprint density at radius 3 is 2.32 bits per heavy atom. The number of aryl methyl sites for hydroxylation is 2. The molecule has 4 heteroatoms. The molecular weight excluding hydrogens is 348 g/mol. The molecule has 0 N–H and O–H groups in total. The largest absolute Gasteiger partial charge is 0.362 e. The molecule has 2 aromatic rings. The Morgan fingerprint density at radius 2 is 1.71 bits per heavy atom. The standard InChI is InChI=1S/C24H26N2O2/c1-5-14-26-23(27)21(20-13-12-17(3)18(4)15-20)22(24(26)28)25(6-2)16-19-10-8-7-9-11-19/h5,7-13,15H,1,6,14,16H2,2-4H3. The average Bonchev–Trinajstić information content (AvgIpc) is 2.94. The Labute approximate surface area is 166 Å². The van der Waals surface area contributed by atoms with Gasteiger partial charge in [0.05, 0.1) is 5.57 Å². The van der Waals surface area contributed by atoms with Crippen molar-refractivity contribution < 1.29 is 9.59 Å². The van der Waals surface area contributed by atoms with Crippen LogP contribution in [0.4, 0.5) is 0 Å². The van der Waals surface area contributed by atoms with Crippen LogP contribution in [-0.2, 0) is 16.1 Å². The summed E-state index contributed by atoms with van der Waals surface area (Å²) >= 11 is 0. The van der Waals surface area contributed by atoms with Crippen LogP contribution in [0.2, 0.25) is 0 Å². The Morgan fingerprint density at radius 1 is 1.00 bits per heavy atom. The molecule has 1 heterocycles. The first kappa shape index (κ1) is 19.6. The second kappa shape index (κ2) is 8.26. The second-order valence-electron chi connectivity index (χ2n) is 7.03. The lowest BCUT2D eigenvalue weighted by atomic mass is 9.99. The number of hydrogen-bond acceptors (Lipinski definition) is 3. The lowest BCUT2D eigenvalue weighted by molar-refractivity contribution is -0.136. The van der Waals surface area contributed by atoms with Crippen LogP contribution in [0.15, 0.2) is 66.9 Å². The molecule has 0 fully saturated rings. The Bertz CT molecular complexity index is 944. The van der Waals surface area contributed by atoms with Gasteiger partial charge in [0.15, 0.2) is 0 Å². The molecule has 0 unspecified atom stereocenters. The van der Waals surface area contributed by atoms with E-state index >= 15 is 0 Å². The third-order valence-corrected chi connectivity index (χ3v) is 5.17. The van der Waals surface area contributed by atoms with E-state index in [1.807, 2.05) is 74.2 Å². The van der Waals surface area contributed by atoms with Crippen molar-refractivity contribution in [3.8, 4) is 0 Å². The summed E-state index contributed by atoms with van der Waals surface area (Å²) in [6.07, 6.45) is 1.59. The van der Waals surface area contributed by atoms with E-state index < -0.39 is 0 Å². The fraction of sp³-hybridized carbons (Fsp3) is 0.250. The number of rotatable bonds is 7. The van der Waals surface area contributed by atoms with Crippen molar-refractivity contribution in [2.75, 3.05) is 13.1 Å². The third kappa shape index (κ3) is 3.63. The van der Waals surface area contributed by atoms with E-state index in [9.17, 15) is 9.59 Å². The zero-order chi connectivity index (χ0) is 20.3. The zero-order valence-corrected chi connectivity index (χ0v) is 16.7. The Hall–Kier alpha value is -3.14.